The molecule has 27 heavy (non-hydrogen) atoms. The molecule has 0 unspecified atom stereocenters. The number of carbonyl (C=O) groups excluding carboxylic acids is 2. The molecule has 1 heterocycles. The number of amides is 3. The summed E-state index contributed by atoms with van der Waals surface area (Å²) in [5.74, 6) is 0.498. The van der Waals surface area contributed by atoms with Gasteiger partial charge in [-0.15, -0.1) is 0 Å². The van der Waals surface area contributed by atoms with Crippen LogP contribution >= 0.6 is 11.6 Å². The molecule has 1 saturated heterocycles. The third-order valence-electron chi connectivity index (χ3n) is 4.67. The average molecular weight is 388 g/mol. The predicted octanol–water partition coefficient (Wildman–Crippen LogP) is 3.89. The van der Waals surface area contributed by atoms with Crippen molar-refractivity contribution >= 4 is 34.9 Å². The van der Waals surface area contributed by atoms with Gasteiger partial charge in [-0.3, -0.25) is 4.79 Å². The minimum atomic E-state index is -0.407. The molecule has 6 nitrogen and oxygen atoms in total. The van der Waals surface area contributed by atoms with Crippen molar-refractivity contribution < 1.29 is 14.3 Å². The summed E-state index contributed by atoms with van der Waals surface area (Å²) in [7, 11) is 1.52. The van der Waals surface area contributed by atoms with Crippen molar-refractivity contribution in [2.45, 2.75) is 26.3 Å². The lowest BCUT2D eigenvalue weighted by atomic mass is 10.1. The molecule has 0 spiro atoms. The van der Waals surface area contributed by atoms with Crippen molar-refractivity contribution in [1.29, 1.82) is 0 Å². The molecule has 1 aliphatic heterocycles. The molecule has 2 N–H and O–H groups in total. The highest BCUT2D eigenvalue weighted by Crippen LogP contribution is 2.28. The summed E-state index contributed by atoms with van der Waals surface area (Å²) in [6, 6.07) is 10.2. The van der Waals surface area contributed by atoms with Crippen LogP contribution in [0.2, 0.25) is 5.02 Å². The molecule has 1 fully saturated rings. The Balaban J connectivity index is 1.65. The first-order valence-electron chi connectivity index (χ1n) is 8.66. The van der Waals surface area contributed by atoms with Crippen LogP contribution in [-0.2, 0) is 4.79 Å². The Bertz CT molecular complexity index is 885. The van der Waals surface area contributed by atoms with E-state index in [-0.39, 0.29) is 18.4 Å². The van der Waals surface area contributed by atoms with Crippen molar-refractivity contribution in [3.05, 3.63) is 52.5 Å². The maximum absolute atomic E-state index is 12.4. The molecular formula is C20H22ClN3O3. The summed E-state index contributed by atoms with van der Waals surface area (Å²) < 4.78 is 5.22. The molecule has 0 aromatic heterocycles. The molecule has 142 valence electrons. The Hall–Kier alpha value is -2.73. The van der Waals surface area contributed by atoms with E-state index in [1.54, 1.807) is 23.1 Å². The average Bonchev–Trinajstić information content (AvgIpc) is 2.97. The first kappa shape index (κ1) is 19.0. The minimum Gasteiger partial charge on any atom is -0.495 e. The smallest absolute Gasteiger partial charge is 0.319 e. The third kappa shape index (κ3) is 4.34. The lowest BCUT2D eigenvalue weighted by Crippen LogP contribution is -2.39. The Morgan fingerprint density at radius 3 is 2.67 bits per heavy atom. The van der Waals surface area contributed by atoms with Crippen LogP contribution < -0.4 is 20.3 Å². The summed E-state index contributed by atoms with van der Waals surface area (Å²) in [5.41, 5.74) is 3.62. The highest BCUT2D eigenvalue weighted by molar-refractivity contribution is 6.31. The number of nitrogens with zero attached hydrogens (tertiary/aromatic N) is 1. The fraction of sp³-hybridized carbons (Fsp3) is 0.300. The third-order valence-corrected chi connectivity index (χ3v) is 4.91. The predicted molar refractivity (Wildman–Crippen MR) is 107 cm³/mol. The van der Waals surface area contributed by atoms with Crippen LogP contribution in [0.4, 0.5) is 16.2 Å². The van der Waals surface area contributed by atoms with E-state index in [0.717, 1.165) is 11.3 Å². The molecule has 1 aliphatic rings. The van der Waals surface area contributed by atoms with Crippen molar-refractivity contribution in [3.63, 3.8) is 0 Å². The first-order chi connectivity index (χ1) is 12.9. The van der Waals surface area contributed by atoms with Crippen LogP contribution in [0.5, 0.6) is 5.75 Å². The second-order valence-corrected chi connectivity index (χ2v) is 7.05. The van der Waals surface area contributed by atoms with Gasteiger partial charge in [-0.1, -0.05) is 17.7 Å². The van der Waals surface area contributed by atoms with E-state index in [2.05, 4.69) is 10.6 Å². The number of ether oxygens (including phenoxy) is 1. The fourth-order valence-electron chi connectivity index (χ4n) is 3.07. The Labute approximate surface area is 163 Å². The molecular weight excluding hydrogens is 366 g/mol. The summed E-state index contributed by atoms with van der Waals surface area (Å²) in [4.78, 5) is 26.4. The lowest BCUT2D eigenvalue weighted by molar-refractivity contribution is -0.117. The Morgan fingerprint density at radius 1 is 1.19 bits per heavy atom. The van der Waals surface area contributed by atoms with E-state index in [9.17, 15) is 9.59 Å². The van der Waals surface area contributed by atoms with Crippen molar-refractivity contribution in [3.8, 4) is 5.75 Å². The van der Waals surface area contributed by atoms with Gasteiger partial charge in [0.1, 0.15) is 5.75 Å². The lowest BCUT2D eigenvalue weighted by Gasteiger charge is -2.19. The summed E-state index contributed by atoms with van der Waals surface area (Å²) in [6.45, 7) is 4.48. The number of rotatable bonds is 4. The van der Waals surface area contributed by atoms with Crippen LogP contribution in [-0.4, -0.2) is 31.6 Å². The maximum atomic E-state index is 12.4. The molecule has 0 aliphatic carbocycles. The summed E-state index contributed by atoms with van der Waals surface area (Å²) in [6.07, 6.45) is 0.257. The van der Waals surface area contributed by atoms with E-state index >= 15 is 0 Å². The number of carbonyl (C=O) groups is 2. The number of urea groups is 1. The van der Waals surface area contributed by atoms with E-state index < -0.39 is 6.03 Å². The van der Waals surface area contributed by atoms with Gasteiger partial charge in [-0.2, -0.15) is 0 Å². The van der Waals surface area contributed by atoms with Crippen LogP contribution in [0.1, 0.15) is 17.5 Å². The molecule has 0 radical (unpaired) electrons. The zero-order chi connectivity index (χ0) is 19.6. The molecule has 3 amide bonds. The van der Waals surface area contributed by atoms with Gasteiger partial charge >= 0.3 is 6.03 Å². The fourth-order valence-corrected chi connectivity index (χ4v) is 3.24. The highest BCUT2D eigenvalue weighted by Gasteiger charge is 2.31. The monoisotopic (exact) mass is 387 g/mol. The molecule has 3 rings (SSSR count). The number of hydrogen-bond donors (Lipinski definition) is 2. The standard InChI is InChI=1S/C20H22ClN3O3/c1-12-4-6-16(8-13(12)2)24-11-15(10-19(24)25)22-20(26)23-17-9-14(21)5-7-18(17)27-3/h4-9,15H,10-11H2,1-3H3,(H2,22,23,26)/t15-/m1/s1. The van der Waals surface area contributed by atoms with Crippen LogP contribution in [0.25, 0.3) is 0 Å². The number of anilines is 2. The SMILES string of the molecule is COc1ccc(Cl)cc1NC(=O)N[C@@H]1CC(=O)N(c2ccc(C)c(C)c2)C1. The molecule has 7 heteroatoms. The molecule has 0 saturated carbocycles. The molecule has 2 aromatic carbocycles. The van der Waals surface area contributed by atoms with Gasteiger partial charge in [0.2, 0.25) is 5.91 Å². The number of benzene rings is 2. The first-order valence-corrected chi connectivity index (χ1v) is 9.04. The van der Waals surface area contributed by atoms with Crippen molar-refractivity contribution in [1.82, 2.24) is 5.32 Å². The highest BCUT2D eigenvalue weighted by atomic mass is 35.5. The summed E-state index contributed by atoms with van der Waals surface area (Å²) in [5, 5.41) is 6.06. The van der Waals surface area contributed by atoms with E-state index in [1.165, 1.54) is 12.7 Å². The Kier molecular flexibility index (Phi) is 5.56. The van der Waals surface area contributed by atoms with Gasteiger partial charge in [0.05, 0.1) is 18.8 Å². The quantitative estimate of drug-likeness (QED) is 0.836. The van der Waals surface area contributed by atoms with Crippen LogP contribution in [0.3, 0.4) is 0 Å². The number of halogens is 1. The van der Waals surface area contributed by atoms with Gasteiger partial charge in [0.25, 0.3) is 0 Å². The zero-order valence-corrected chi connectivity index (χ0v) is 16.3. The maximum Gasteiger partial charge on any atom is 0.319 e. The largest absolute Gasteiger partial charge is 0.495 e. The van der Waals surface area contributed by atoms with Crippen molar-refractivity contribution in [2.24, 2.45) is 0 Å². The molecule has 2 aromatic rings. The van der Waals surface area contributed by atoms with Crippen LogP contribution in [0.15, 0.2) is 36.4 Å². The van der Waals surface area contributed by atoms with E-state index in [4.69, 9.17) is 16.3 Å². The van der Waals surface area contributed by atoms with Crippen molar-refractivity contribution in [2.75, 3.05) is 23.9 Å². The minimum absolute atomic E-state index is 0.0103. The van der Waals surface area contributed by atoms with Gasteiger partial charge < -0.3 is 20.3 Å². The van der Waals surface area contributed by atoms with E-state index in [1.807, 2.05) is 32.0 Å². The van der Waals surface area contributed by atoms with Gasteiger partial charge in [0, 0.05) is 23.7 Å². The summed E-state index contributed by atoms with van der Waals surface area (Å²) >= 11 is 5.98. The Morgan fingerprint density at radius 2 is 1.96 bits per heavy atom. The number of aryl methyl sites for hydroxylation is 2. The van der Waals surface area contributed by atoms with Gasteiger partial charge in [0.15, 0.2) is 0 Å². The van der Waals surface area contributed by atoms with Gasteiger partial charge in [-0.05, 0) is 55.3 Å². The molecule has 0 bridgehead atoms. The number of hydrogen-bond acceptors (Lipinski definition) is 3. The molecule has 1 atom stereocenters. The van der Waals surface area contributed by atoms with Crippen LogP contribution in [0, 0.1) is 13.8 Å². The number of methoxy groups -OCH3 is 1. The zero-order valence-electron chi connectivity index (χ0n) is 15.5. The number of nitrogens with one attached hydrogen (secondary N) is 2. The van der Waals surface area contributed by atoms with E-state index in [0.29, 0.717) is 23.0 Å². The van der Waals surface area contributed by atoms with Gasteiger partial charge in [-0.25, -0.2) is 4.79 Å². The second kappa shape index (κ2) is 7.88. The second-order valence-electron chi connectivity index (χ2n) is 6.62. The normalized spacial score (nSPS) is 16.4. The topological polar surface area (TPSA) is 70.7 Å².